The van der Waals surface area contributed by atoms with Crippen molar-refractivity contribution in [2.24, 2.45) is 5.41 Å². The van der Waals surface area contributed by atoms with Crippen molar-refractivity contribution in [2.75, 3.05) is 6.54 Å². The number of nitrogens with zero attached hydrogens (tertiary/aromatic N) is 1. The molecular weight excluding hydrogens is 290 g/mol. The number of amides is 2. The quantitative estimate of drug-likeness (QED) is 0.860. The van der Waals surface area contributed by atoms with Gasteiger partial charge in [0.15, 0.2) is 0 Å². The van der Waals surface area contributed by atoms with Crippen molar-refractivity contribution in [3.8, 4) is 0 Å². The van der Waals surface area contributed by atoms with Crippen LogP contribution in [0.1, 0.15) is 36.3 Å². The molecule has 0 spiro atoms. The molecule has 1 saturated carbocycles. The summed E-state index contributed by atoms with van der Waals surface area (Å²) in [5, 5.41) is 9.70. The first-order valence-corrected chi connectivity index (χ1v) is 8.13. The van der Waals surface area contributed by atoms with Crippen molar-refractivity contribution in [3.05, 3.63) is 53.4 Å². The third-order valence-electron chi connectivity index (χ3n) is 4.57. The van der Waals surface area contributed by atoms with Crippen LogP contribution >= 0.6 is 0 Å². The topological polar surface area (TPSA) is 67.2 Å². The molecule has 0 bridgehead atoms. The molecule has 0 saturated heterocycles. The van der Waals surface area contributed by atoms with Crippen molar-refractivity contribution in [2.45, 2.75) is 39.2 Å². The molecule has 2 N–H and O–H groups in total. The van der Waals surface area contributed by atoms with Gasteiger partial charge >= 0.3 is 6.03 Å². The lowest BCUT2D eigenvalue weighted by Gasteiger charge is -2.42. The van der Waals surface area contributed by atoms with Gasteiger partial charge in [0, 0.05) is 12.6 Å². The molecule has 5 nitrogen and oxygen atoms in total. The maximum absolute atomic E-state index is 12.0. The van der Waals surface area contributed by atoms with Gasteiger partial charge < -0.3 is 15.2 Å². The lowest BCUT2D eigenvalue weighted by molar-refractivity contribution is 0.131. The van der Waals surface area contributed by atoms with Crippen LogP contribution in [0.5, 0.6) is 0 Å². The fourth-order valence-electron chi connectivity index (χ4n) is 3.12. The molecule has 1 aliphatic rings. The van der Waals surface area contributed by atoms with E-state index in [1.807, 2.05) is 19.1 Å². The van der Waals surface area contributed by atoms with Crippen molar-refractivity contribution in [1.29, 1.82) is 0 Å². The molecule has 0 aliphatic heterocycles. The highest BCUT2D eigenvalue weighted by Gasteiger charge is 2.37. The highest BCUT2D eigenvalue weighted by Crippen LogP contribution is 2.43. The van der Waals surface area contributed by atoms with E-state index < -0.39 is 0 Å². The summed E-state index contributed by atoms with van der Waals surface area (Å²) < 4.78 is 4.98. The molecule has 0 radical (unpaired) electrons. The number of benzene rings is 1. The van der Waals surface area contributed by atoms with Gasteiger partial charge in [-0.2, -0.15) is 0 Å². The summed E-state index contributed by atoms with van der Waals surface area (Å²) in [6, 6.07) is 12.2. The highest BCUT2D eigenvalue weighted by atomic mass is 16.5. The third kappa shape index (κ3) is 4.12. The predicted molar refractivity (Wildman–Crippen MR) is 87.9 cm³/mol. The van der Waals surface area contributed by atoms with Crippen molar-refractivity contribution >= 4 is 6.03 Å². The molecule has 3 rings (SSSR count). The van der Waals surface area contributed by atoms with E-state index in [0.29, 0.717) is 13.1 Å². The van der Waals surface area contributed by atoms with Crippen LogP contribution in [0.25, 0.3) is 0 Å². The fourth-order valence-corrected chi connectivity index (χ4v) is 3.12. The molecule has 0 atom stereocenters. The van der Waals surface area contributed by atoms with Crippen LogP contribution in [-0.2, 0) is 13.0 Å². The summed E-state index contributed by atoms with van der Waals surface area (Å²) in [5.41, 5.74) is 2.29. The smallest absolute Gasteiger partial charge is 0.315 e. The number of aryl methyl sites for hydroxylation is 1. The first-order valence-electron chi connectivity index (χ1n) is 8.13. The van der Waals surface area contributed by atoms with Gasteiger partial charge in [0.1, 0.15) is 11.5 Å². The molecule has 2 amide bonds. The zero-order chi connectivity index (χ0) is 16.1. The molecule has 1 aromatic heterocycles. The minimum absolute atomic E-state index is 0.148. The number of nitrogens with one attached hydrogen (secondary N) is 2. The van der Waals surface area contributed by atoms with Gasteiger partial charge in [0.25, 0.3) is 0 Å². The molecule has 5 heteroatoms. The van der Waals surface area contributed by atoms with Crippen LogP contribution in [-0.4, -0.2) is 17.7 Å². The number of carbonyl (C=O) groups is 1. The first kappa shape index (κ1) is 15.6. The Bertz CT molecular complexity index is 647. The lowest BCUT2D eigenvalue weighted by Crippen LogP contribution is -2.46. The van der Waals surface area contributed by atoms with Crippen molar-refractivity contribution in [3.63, 3.8) is 0 Å². The number of urea groups is 1. The van der Waals surface area contributed by atoms with E-state index in [-0.39, 0.29) is 11.4 Å². The van der Waals surface area contributed by atoms with Gasteiger partial charge in [0.05, 0.1) is 6.54 Å². The Hall–Kier alpha value is -2.30. The zero-order valence-corrected chi connectivity index (χ0v) is 13.5. The van der Waals surface area contributed by atoms with Crippen LogP contribution in [0, 0.1) is 12.3 Å². The summed E-state index contributed by atoms with van der Waals surface area (Å²) in [5.74, 6) is 0.749. The van der Waals surface area contributed by atoms with Crippen molar-refractivity contribution < 1.29 is 9.32 Å². The van der Waals surface area contributed by atoms with Gasteiger partial charge in [-0.3, -0.25) is 0 Å². The molecule has 2 aromatic rings. The number of rotatable bonds is 6. The van der Waals surface area contributed by atoms with Crippen molar-refractivity contribution in [1.82, 2.24) is 15.8 Å². The maximum atomic E-state index is 12.0. The van der Waals surface area contributed by atoms with E-state index in [4.69, 9.17) is 4.52 Å². The van der Waals surface area contributed by atoms with Gasteiger partial charge in [-0.05, 0) is 37.2 Å². The van der Waals surface area contributed by atoms with Crippen LogP contribution < -0.4 is 10.6 Å². The lowest BCUT2D eigenvalue weighted by atomic mass is 9.65. The Morgan fingerprint density at radius 3 is 2.65 bits per heavy atom. The van der Waals surface area contributed by atoms with E-state index in [9.17, 15) is 4.79 Å². The molecule has 1 aromatic carbocycles. The molecule has 1 heterocycles. The Balaban J connectivity index is 1.47. The minimum Gasteiger partial charge on any atom is -0.361 e. The fraction of sp³-hybridized carbons (Fsp3) is 0.444. The maximum Gasteiger partial charge on any atom is 0.315 e. The number of hydrogen-bond acceptors (Lipinski definition) is 3. The second kappa shape index (κ2) is 6.86. The van der Waals surface area contributed by atoms with Gasteiger partial charge in [-0.15, -0.1) is 0 Å². The third-order valence-corrected chi connectivity index (χ3v) is 4.57. The molecule has 1 aliphatic carbocycles. The number of carbonyl (C=O) groups excluding carboxylic acids is 1. The summed E-state index contributed by atoms with van der Waals surface area (Å²) in [7, 11) is 0. The van der Waals surface area contributed by atoms with Gasteiger partial charge in [-0.25, -0.2) is 4.79 Å². The SMILES string of the molecule is Cc1cc(CNC(=O)NCC2(Cc3ccccc3)CCC2)no1. The summed E-state index contributed by atoms with van der Waals surface area (Å²) in [6.07, 6.45) is 4.61. The number of hydrogen-bond donors (Lipinski definition) is 2. The van der Waals surface area contributed by atoms with E-state index in [0.717, 1.165) is 17.9 Å². The highest BCUT2D eigenvalue weighted by molar-refractivity contribution is 5.73. The monoisotopic (exact) mass is 313 g/mol. The summed E-state index contributed by atoms with van der Waals surface area (Å²) >= 11 is 0. The first-order chi connectivity index (χ1) is 11.2. The Labute approximate surface area is 136 Å². The molecule has 1 fully saturated rings. The molecule has 0 unspecified atom stereocenters. The van der Waals surface area contributed by atoms with Crippen LogP contribution in [0.3, 0.4) is 0 Å². The largest absolute Gasteiger partial charge is 0.361 e. The van der Waals surface area contributed by atoms with E-state index >= 15 is 0 Å². The van der Waals surface area contributed by atoms with E-state index in [1.165, 1.54) is 24.8 Å². The van der Waals surface area contributed by atoms with Crippen LogP contribution in [0.15, 0.2) is 40.9 Å². The molecular formula is C18H23N3O2. The van der Waals surface area contributed by atoms with Gasteiger partial charge in [-0.1, -0.05) is 41.9 Å². The Morgan fingerprint density at radius 1 is 1.26 bits per heavy atom. The normalized spacial score (nSPS) is 15.7. The number of aromatic nitrogens is 1. The Kier molecular flexibility index (Phi) is 4.65. The average molecular weight is 313 g/mol. The second-order valence-corrected chi connectivity index (χ2v) is 6.48. The van der Waals surface area contributed by atoms with E-state index in [2.05, 4.69) is 40.1 Å². The van der Waals surface area contributed by atoms with E-state index in [1.54, 1.807) is 0 Å². The Morgan fingerprint density at radius 2 is 2.04 bits per heavy atom. The molecule has 23 heavy (non-hydrogen) atoms. The van der Waals surface area contributed by atoms with Gasteiger partial charge in [0.2, 0.25) is 0 Å². The molecule has 122 valence electrons. The second-order valence-electron chi connectivity index (χ2n) is 6.48. The average Bonchev–Trinajstić information content (AvgIpc) is 2.94. The standard InChI is InChI=1S/C18H23N3O2/c1-14-10-16(21-23-14)12-19-17(22)20-13-18(8-5-9-18)11-15-6-3-2-4-7-15/h2-4,6-7,10H,5,8-9,11-13H2,1H3,(H2,19,20,22). The summed E-state index contributed by atoms with van der Waals surface area (Å²) in [4.78, 5) is 12.0. The summed E-state index contributed by atoms with van der Waals surface area (Å²) in [6.45, 7) is 2.93. The minimum atomic E-state index is -0.148. The van der Waals surface area contributed by atoms with Crippen LogP contribution in [0.4, 0.5) is 4.79 Å². The van der Waals surface area contributed by atoms with Crippen LogP contribution in [0.2, 0.25) is 0 Å². The predicted octanol–water partition coefficient (Wildman–Crippen LogP) is 3.20. The zero-order valence-electron chi connectivity index (χ0n) is 13.5.